The first-order valence-corrected chi connectivity index (χ1v) is 7.59. The van der Waals surface area contributed by atoms with E-state index in [4.69, 9.17) is 27.9 Å². The number of hydrogen-bond donors (Lipinski definition) is 0. The van der Waals surface area contributed by atoms with Gasteiger partial charge >= 0.3 is 0 Å². The van der Waals surface area contributed by atoms with Gasteiger partial charge in [-0.25, -0.2) is 0 Å². The zero-order chi connectivity index (χ0) is 14.8. The van der Waals surface area contributed by atoms with Gasteiger partial charge in [0.1, 0.15) is 11.5 Å². The molecule has 2 nitrogen and oxygen atoms in total. The van der Waals surface area contributed by atoms with E-state index in [0.29, 0.717) is 28.6 Å². The zero-order valence-electron chi connectivity index (χ0n) is 11.3. The molecule has 0 radical (unpaired) electrons. The third-order valence-electron chi connectivity index (χ3n) is 3.76. The number of carbonyl (C=O) groups excluding carboxylic acids is 1. The van der Waals surface area contributed by atoms with Crippen LogP contribution in [-0.2, 0) is 11.2 Å². The second kappa shape index (κ2) is 6.08. The second-order valence-electron chi connectivity index (χ2n) is 5.07. The van der Waals surface area contributed by atoms with Crippen LogP contribution in [0, 0.1) is 0 Å². The molecule has 4 heteroatoms. The number of halogens is 2. The van der Waals surface area contributed by atoms with Crippen molar-refractivity contribution in [2.45, 2.75) is 18.8 Å². The quantitative estimate of drug-likeness (QED) is 0.821. The standard InChI is InChI=1S/C17H14Cl2O2/c18-14-5-3-6-15(19)13(14)10-16(20)11-8-9-21-17-7-2-1-4-12(11)17/h1-7,11H,8-10H2. The van der Waals surface area contributed by atoms with Crippen LogP contribution in [0.1, 0.15) is 23.5 Å². The lowest BCUT2D eigenvalue weighted by molar-refractivity contribution is -0.120. The van der Waals surface area contributed by atoms with E-state index in [1.165, 1.54) is 0 Å². The van der Waals surface area contributed by atoms with Crippen molar-refractivity contribution in [3.05, 3.63) is 63.6 Å². The van der Waals surface area contributed by atoms with Crippen LogP contribution in [0.15, 0.2) is 42.5 Å². The van der Waals surface area contributed by atoms with E-state index in [-0.39, 0.29) is 18.1 Å². The number of ether oxygens (including phenoxy) is 1. The number of carbonyl (C=O) groups is 1. The van der Waals surface area contributed by atoms with E-state index in [1.54, 1.807) is 18.2 Å². The molecule has 0 saturated carbocycles. The molecule has 21 heavy (non-hydrogen) atoms. The Labute approximate surface area is 133 Å². The topological polar surface area (TPSA) is 26.3 Å². The summed E-state index contributed by atoms with van der Waals surface area (Å²) in [5.41, 5.74) is 1.66. The van der Waals surface area contributed by atoms with Crippen LogP contribution < -0.4 is 4.74 Å². The Hall–Kier alpha value is -1.51. The van der Waals surface area contributed by atoms with Gasteiger partial charge in [0, 0.05) is 27.9 Å². The van der Waals surface area contributed by atoms with E-state index in [1.807, 2.05) is 24.3 Å². The number of fused-ring (bicyclic) bond motifs is 1. The van der Waals surface area contributed by atoms with E-state index in [9.17, 15) is 4.79 Å². The van der Waals surface area contributed by atoms with Gasteiger partial charge < -0.3 is 4.74 Å². The Morgan fingerprint density at radius 3 is 2.57 bits per heavy atom. The summed E-state index contributed by atoms with van der Waals surface area (Å²) in [6.45, 7) is 0.559. The van der Waals surface area contributed by atoms with Gasteiger partial charge in [0.15, 0.2) is 0 Å². The number of hydrogen-bond acceptors (Lipinski definition) is 2. The largest absolute Gasteiger partial charge is 0.493 e. The van der Waals surface area contributed by atoms with Crippen LogP contribution in [0.3, 0.4) is 0 Å². The lowest BCUT2D eigenvalue weighted by atomic mass is 9.87. The maximum atomic E-state index is 12.7. The van der Waals surface area contributed by atoms with Gasteiger partial charge in [0.2, 0.25) is 0 Å². The molecule has 2 aromatic rings. The molecule has 0 bridgehead atoms. The molecule has 0 spiro atoms. The molecule has 0 aliphatic carbocycles. The molecule has 2 aromatic carbocycles. The molecule has 1 unspecified atom stereocenters. The summed E-state index contributed by atoms with van der Waals surface area (Å²) in [7, 11) is 0. The molecule has 1 heterocycles. The van der Waals surface area contributed by atoms with Crippen molar-refractivity contribution in [1.82, 2.24) is 0 Å². The van der Waals surface area contributed by atoms with Crippen molar-refractivity contribution in [3.8, 4) is 5.75 Å². The van der Waals surface area contributed by atoms with Gasteiger partial charge in [-0.3, -0.25) is 4.79 Å². The van der Waals surface area contributed by atoms with Gasteiger partial charge in [-0.15, -0.1) is 0 Å². The summed E-state index contributed by atoms with van der Waals surface area (Å²) >= 11 is 12.3. The van der Waals surface area contributed by atoms with Gasteiger partial charge in [-0.05, 0) is 30.2 Å². The number of rotatable bonds is 3. The predicted octanol–water partition coefficient (Wildman–Crippen LogP) is 4.67. The normalized spacial score (nSPS) is 17.0. The highest BCUT2D eigenvalue weighted by Gasteiger charge is 2.28. The molecule has 0 fully saturated rings. The minimum atomic E-state index is -0.151. The van der Waals surface area contributed by atoms with Crippen molar-refractivity contribution in [2.24, 2.45) is 0 Å². The maximum absolute atomic E-state index is 12.7. The fourth-order valence-electron chi connectivity index (χ4n) is 2.68. The van der Waals surface area contributed by atoms with Crippen LogP contribution in [0.2, 0.25) is 10.0 Å². The first kappa shape index (κ1) is 14.4. The number of para-hydroxylation sites is 1. The monoisotopic (exact) mass is 320 g/mol. The SMILES string of the molecule is O=C(Cc1c(Cl)cccc1Cl)C1CCOc2ccccc21. The maximum Gasteiger partial charge on any atom is 0.145 e. The van der Waals surface area contributed by atoms with Gasteiger partial charge in [0.05, 0.1) is 6.61 Å². The molecule has 108 valence electrons. The Morgan fingerprint density at radius 2 is 1.81 bits per heavy atom. The molecule has 1 atom stereocenters. The van der Waals surface area contributed by atoms with E-state index >= 15 is 0 Å². The molecule has 0 amide bonds. The lowest BCUT2D eigenvalue weighted by Gasteiger charge is -2.25. The summed E-state index contributed by atoms with van der Waals surface area (Å²) in [6, 6.07) is 13.0. The van der Waals surface area contributed by atoms with E-state index in [0.717, 1.165) is 11.3 Å². The Balaban J connectivity index is 1.87. The highest BCUT2D eigenvalue weighted by atomic mass is 35.5. The Kier molecular flexibility index (Phi) is 4.18. The third kappa shape index (κ3) is 2.92. The van der Waals surface area contributed by atoms with Gasteiger partial charge in [-0.2, -0.15) is 0 Å². The van der Waals surface area contributed by atoms with Crippen LogP contribution in [-0.4, -0.2) is 12.4 Å². The molecular weight excluding hydrogens is 307 g/mol. The summed E-state index contributed by atoms with van der Waals surface area (Å²) in [4.78, 5) is 12.7. The predicted molar refractivity (Wildman–Crippen MR) is 84.5 cm³/mol. The molecule has 0 N–H and O–H groups in total. The van der Waals surface area contributed by atoms with Gasteiger partial charge in [-0.1, -0.05) is 47.5 Å². The number of Topliss-reactive ketones (excluding diaryl/α,β-unsaturated/α-hetero) is 1. The average molecular weight is 321 g/mol. The fraction of sp³-hybridized carbons (Fsp3) is 0.235. The number of benzene rings is 2. The van der Waals surface area contributed by atoms with E-state index in [2.05, 4.69) is 0 Å². The highest BCUT2D eigenvalue weighted by molar-refractivity contribution is 6.36. The highest BCUT2D eigenvalue weighted by Crippen LogP contribution is 2.35. The third-order valence-corrected chi connectivity index (χ3v) is 4.47. The lowest BCUT2D eigenvalue weighted by Crippen LogP contribution is -2.22. The number of ketones is 1. The summed E-state index contributed by atoms with van der Waals surface area (Å²) in [6.07, 6.45) is 0.940. The van der Waals surface area contributed by atoms with Crippen molar-refractivity contribution in [2.75, 3.05) is 6.61 Å². The molecule has 1 aliphatic rings. The molecule has 1 aliphatic heterocycles. The van der Waals surface area contributed by atoms with Crippen LogP contribution >= 0.6 is 23.2 Å². The minimum absolute atomic E-state index is 0.126. The van der Waals surface area contributed by atoms with Crippen LogP contribution in [0.5, 0.6) is 5.75 Å². The average Bonchev–Trinajstić information content (AvgIpc) is 2.50. The molecular formula is C17H14Cl2O2. The van der Waals surface area contributed by atoms with Crippen molar-refractivity contribution in [1.29, 1.82) is 0 Å². The smallest absolute Gasteiger partial charge is 0.145 e. The summed E-state index contributed by atoms with van der Waals surface area (Å²) in [5.74, 6) is 0.774. The van der Waals surface area contributed by atoms with Gasteiger partial charge in [0.25, 0.3) is 0 Å². The van der Waals surface area contributed by atoms with Crippen LogP contribution in [0.4, 0.5) is 0 Å². The van der Waals surface area contributed by atoms with Crippen molar-refractivity contribution >= 4 is 29.0 Å². The first-order chi connectivity index (χ1) is 10.2. The summed E-state index contributed by atoms with van der Waals surface area (Å²) in [5, 5.41) is 1.08. The summed E-state index contributed by atoms with van der Waals surface area (Å²) < 4.78 is 5.60. The van der Waals surface area contributed by atoms with Crippen molar-refractivity contribution in [3.63, 3.8) is 0 Å². The molecule has 0 aromatic heterocycles. The van der Waals surface area contributed by atoms with E-state index < -0.39 is 0 Å². The first-order valence-electron chi connectivity index (χ1n) is 6.84. The minimum Gasteiger partial charge on any atom is -0.493 e. The second-order valence-corrected chi connectivity index (χ2v) is 5.89. The van der Waals surface area contributed by atoms with Crippen molar-refractivity contribution < 1.29 is 9.53 Å². The zero-order valence-corrected chi connectivity index (χ0v) is 12.8. The Bertz CT molecular complexity index is 662. The fourth-order valence-corrected chi connectivity index (χ4v) is 3.21. The molecule has 0 saturated heterocycles. The molecule has 3 rings (SSSR count). The Morgan fingerprint density at radius 1 is 1.10 bits per heavy atom. The van der Waals surface area contributed by atoms with Crippen LogP contribution in [0.25, 0.3) is 0 Å².